The number of carboxylic acids is 2. The third-order valence-corrected chi connectivity index (χ3v) is 2.64. The fourth-order valence-electron chi connectivity index (χ4n) is 1.35. The molecule has 17 heavy (non-hydrogen) atoms. The maximum Gasteiger partial charge on any atom is 0.323 e. The van der Waals surface area contributed by atoms with Crippen LogP contribution in [0, 0.1) is 0 Å². The van der Waals surface area contributed by atoms with Crippen LogP contribution in [-0.2, 0) is 9.59 Å². The molecule has 2 N–H and O–H groups in total. The van der Waals surface area contributed by atoms with Gasteiger partial charge in [0.05, 0.1) is 6.42 Å². The molecule has 0 atom stereocenters. The van der Waals surface area contributed by atoms with Crippen LogP contribution in [0.15, 0.2) is 28.7 Å². The molecule has 0 spiro atoms. The summed E-state index contributed by atoms with van der Waals surface area (Å²) in [5.41, 5.74) is 0.692. The molecule has 5 nitrogen and oxygen atoms in total. The van der Waals surface area contributed by atoms with Crippen LogP contribution in [0.2, 0.25) is 0 Å². The molecule has 0 aliphatic rings. The summed E-state index contributed by atoms with van der Waals surface area (Å²) in [6, 6.07) is 7.06. The van der Waals surface area contributed by atoms with Crippen LogP contribution >= 0.6 is 15.9 Å². The van der Waals surface area contributed by atoms with Crippen LogP contribution in [-0.4, -0.2) is 35.2 Å². The number of carboxylic acid groups (broad SMARTS) is 2. The first-order valence-corrected chi connectivity index (χ1v) is 5.72. The molecule has 0 radical (unpaired) electrons. The number of hydrogen-bond donors (Lipinski definition) is 2. The van der Waals surface area contributed by atoms with Crippen molar-refractivity contribution in [1.29, 1.82) is 0 Å². The second kappa shape index (κ2) is 6.24. The molecule has 0 fully saturated rings. The fourth-order valence-corrected chi connectivity index (χ4v) is 1.61. The Morgan fingerprint density at radius 3 is 2.18 bits per heavy atom. The van der Waals surface area contributed by atoms with Gasteiger partial charge in [0.1, 0.15) is 6.54 Å². The summed E-state index contributed by atoms with van der Waals surface area (Å²) >= 11 is 3.28. The van der Waals surface area contributed by atoms with Crippen molar-refractivity contribution in [2.45, 2.75) is 6.42 Å². The van der Waals surface area contributed by atoms with Gasteiger partial charge in [0, 0.05) is 16.7 Å². The van der Waals surface area contributed by atoms with Gasteiger partial charge >= 0.3 is 11.9 Å². The quantitative estimate of drug-likeness (QED) is 0.838. The highest BCUT2D eigenvalue weighted by molar-refractivity contribution is 9.10. The van der Waals surface area contributed by atoms with E-state index < -0.39 is 11.9 Å². The van der Waals surface area contributed by atoms with E-state index in [-0.39, 0.29) is 19.5 Å². The Balaban J connectivity index is 2.77. The summed E-state index contributed by atoms with van der Waals surface area (Å²) in [6.45, 7) is -0.0435. The molecule has 0 unspecified atom stereocenters. The summed E-state index contributed by atoms with van der Waals surface area (Å²) in [5.74, 6) is -1.93. The van der Waals surface area contributed by atoms with Gasteiger partial charge in [-0.1, -0.05) is 15.9 Å². The van der Waals surface area contributed by atoms with E-state index >= 15 is 0 Å². The topological polar surface area (TPSA) is 77.8 Å². The SMILES string of the molecule is O=C(O)CCN(CC(=O)O)c1ccc(Br)cc1. The average Bonchev–Trinajstić information content (AvgIpc) is 2.25. The average molecular weight is 302 g/mol. The van der Waals surface area contributed by atoms with Gasteiger partial charge in [0.2, 0.25) is 0 Å². The van der Waals surface area contributed by atoms with Crippen molar-refractivity contribution in [1.82, 2.24) is 0 Å². The minimum atomic E-state index is -0.988. The van der Waals surface area contributed by atoms with Gasteiger partial charge in [-0.05, 0) is 24.3 Å². The Labute approximate surface area is 107 Å². The number of nitrogens with zero attached hydrogens (tertiary/aromatic N) is 1. The van der Waals surface area contributed by atoms with Crippen molar-refractivity contribution >= 4 is 33.6 Å². The Morgan fingerprint density at radius 1 is 1.12 bits per heavy atom. The molecule has 6 heteroatoms. The molecule has 1 aromatic carbocycles. The predicted octanol–water partition coefficient (Wildman–Crippen LogP) is 1.81. The van der Waals surface area contributed by atoms with Gasteiger partial charge in [0.15, 0.2) is 0 Å². The molecule has 1 aromatic rings. The van der Waals surface area contributed by atoms with E-state index in [0.717, 1.165) is 4.47 Å². The number of carbonyl (C=O) groups is 2. The van der Waals surface area contributed by atoms with E-state index in [2.05, 4.69) is 15.9 Å². The predicted molar refractivity (Wildman–Crippen MR) is 66.2 cm³/mol. The first-order chi connectivity index (χ1) is 7.99. The molecule has 0 saturated carbocycles. The third-order valence-electron chi connectivity index (χ3n) is 2.11. The van der Waals surface area contributed by atoms with Gasteiger partial charge in [-0.2, -0.15) is 0 Å². The van der Waals surface area contributed by atoms with E-state index in [1.807, 2.05) is 0 Å². The normalized spacial score (nSPS) is 9.94. The molecular weight excluding hydrogens is 290 g/mol. The lowest BCUT2D eigenvalue weighted by Gasteiger charge is -2.22. The summed E-state index contributed by atoms with van der Waals surface area (Å²) in [4.78, 5) is 22.7. The van der Waals surface area contributed by atoms with Gasteiger partial charge in [-0.25, -0.2) is 0 Å². The lowest BCUT2D eigenvalue weighted by molar-refractivity contribution is -0.138. The Morgan fingerprint density at radius 2 is 1.71 bits per heavy atom. The first kappa shape index (κ1) is 13.5. The molecule has 1 rings (SSSR count). The zero-order valence-electron chi connectivity index (χ0n) is 8.97. The zero-order chi connectivity index (χ0) is 12.8. The minimum Gasteiger partial charge on any atom is -0.481 e. The lowest BCUT2D eigenvalue weighted by atomic mass is 10.2. The molecule has 0 aliphatic carbocycles. The number of rotatable bonds is 6. The molecular formula is C11H12BrNO4. The highest BCUT2D eigenvalue weighted by Crippen LogP contribution is 2.18. The van der Waals surface area contributed by atoms with Crippen molar-refractivity contribution in [3.63, 3.8) is 0 Å². The number of halogens is 1. The highest BCUT2D eigenvalue weighted by Gasteiger charge is 2.12. The van der Waals surface area contributed by atoms with E-state index in [1.54, 1.807) is 24.3 Å². The Kier molecular flexibility index (Phi) is 4.96. The van der Waals surface area contributed by atoms with Crippen molar-refractivity contribution < 1.29 is 19.8 Å². The second-order valence-corrected chi connectivity index (χ2v) is 4.35. The van der Waals surface area contributed by atoms with Crippen molar-refractivity contribution in [3.05, 3.63) is 28.7 Å². The van der Waals surface area contributed by atoms with Crippen LogP contribution in [0.25, 0.3) is 0 Å². The monoisotopic (exact) mass is 301 g/mol. The highest BCUT2D eigenvalue weighted by atomic mass is 79.9. The number of benzene rings is 1. The van der Waals surface area contributed by atoms with E-state index in [1.165, 1.54) is 4.90 Å². The number of hydrogen-bond acceptors (Lipinski definition) is 3. The summed E-state index contributed by atoms with van der Waals surface area (Å²) in [5, 5.41) is 17.4. The van der Waals surface area contributed by atoms with Crippen LogP contribution in [0.5, 0.6) is 0 Å². The van der Waals surface area contributed by atoms with Crippen molar-refractivity contribution in [3.8, 4) is 0 Å². The standard InChI is InChI=1S/C11H12BrNO4/c12-8-1-3-9(4-2-8)13(7-11(16)17)6-5-10(14)15/h1-4H,5-7H2,(H,14,15)(H,16,17). The van der Waals surface area contributed by atoms with Crippen molar-refractivity contribution in [2.24, 2.45) is 0 Å². The molecule has 0 aromatic heterocycles. The molecule has 0 amide bonds. The fraction of sp³-hybridized carbons (Fsp3) is 0.273. The molecule has 0 aliphatic heterocycles. The van der Waals surface area contributed by atoms with E-state index in [4.69, 9.17) is 10.2 Å². The molecule has 0 saturated heterocycles. The van der Waals surface area contributed by atoms with Gasteiger partial charge < -0.3 is 15.1 Å². The van der Waals surface area contributed by atoms with Crippen molar-refractivity contribution in [2.75, 3.05) is 18.0 Å². The van der Waals surface area contributed by atoms with Crippen LogP contribution < -0.4 is 4.90 Å². The maximum atomic E-state index is 10.7. The smallest absolute Gasteiger partial charge is 0.323 e. The molecule has 0 bridgehead atoms. The van der Waals surface area contributed by atoms with Crippen LogP contribution in [0.1, 0.15) is 6.42 Å². The van der Waals surface area contributed by atoms with Crippen LogP contribution in [0.3, 0.4) is 0 Å². The Bertz CT molecular complexity index is 404. The zero-order valence-corrected chi connectivity index (χ0v) is 10.6. The molecule has 92 valence electrons. The van der Waals surface area contributed by atoms with Crippen LogP contribution in [0.4, 0.5) is 5.69 Å². The van der Waals surface area contributed by atoms with E-state index in [9.17, 15) is 9.59 Å². The number of aliphatic carboxylic acids is 2. The second-order valence-electron chi connectivity index (χ2n) is 3.44. The van der Waals surface area contributed by atoms with Gasteiger partial charge in [-0.15, -0.1) is 0 Å². The Hall–Kier alpha value is -1.56. The van der Waals surface area contributed by atoms with E-state index in [0.29, 0.717) is 5.69 Å². The first-order valence-electron chi connectivity index (χ1n) is 4.93. The van der Waals surface area contributed by atoms with Gasteiger partial charge in [0.25, 0.3) is 0 Å². The summed E-state index contributed by atoms with van der Waals surface area (Å²) in [6.07, 6.45) is -0.0939. The summed E-state index contributed by atoms with van der Waals surface area (Å²) < 4.78 is 0.884. The largest absolute Gasteiger partial charge is 0.481 e. The van der Waals surface area contributed by atoms with Gasteiger partial charge in [-0.3, -0.25) is 9.59 Å². The maximum absolute atomic E-state index is 10.7. The third kappa shape index (κ3) is 4.86. The molecule has 0 heterocycles. The minimum absolute atomic E-state index is 0.0939. The lowest BCUT2D eigenvalue weighted by Crippen LogP contribution is -2.31. The number of anilines is 1. The summed E-state index contributed by atoms with van der Waals surface area (Å²) in [7, 11) is 0.